The van der Waals surface area contributed by atoms with Gasteiger partial charge in [0.15, 0.2) is 0 Å². The van der Waals surface area contributed by atoms with Crippen molar-refractivity contribution in [1.82, 2.24) is 4.90 Å². The van der Waals surface area contributed by atoms with Gasteiger partial charge in [0.05, 0.1) is 0 Å². The molecule has 1 heterocycles. The summed E-state index contributed by atoms with van der Waals surface area (Å²) in [6, 6.07) is 0. The molecule has 2 aliphatic rings. The van der Waals surface area contributed by atoms with Crippen molar-refractivity contribution in [3.05, 3.63) is 0 Å². The van der Waals surface area contributed by atoms with Crippen LogP contribution in [0.15, 0.2) is 0 Å². The van der Waals surface area contributed by atoms with Gasteiger partial charge in [-0.15, -0.1) is 0 Å². The Balaban J connectivity index is 1.93. The molecule has 2 fully saturated rings. The summed E-state index contributed by atoms with van der Waals surface area (Å²) < 4.78 is 0. The third-order valence-electron chi connectivity index (χ3n) is 3.95. The highest BCUT2D eigenvalue weighted by molar-refractivity contribution is 5.79. The summed E-state index contributed by atoms with van der Waals surface area (Å²) in [6.07, 6.45) is 7.07. The van der Waals surface area contributed by atoms with Crippen molar-refractivity contribution in [3.63, 3.8) is 0 Å². The molecule has 0 spiro atoms. The van der Waals surface area contributed by atoms with Crippen LogP contribution in [0.5, 0.6) is 0 Å². The van der Waals surface area contributed by atoms with Crippen LogP contribution in [0, 0.1) is 11.8 Å². The van der Waals surface area contributed by atoms with Gasteiger partial charge >= 0.3 is 0 Å². The van der Waals surface area contributed by atoms with Crippen molar-refractivity contribution >= 4 is 5.91 Å². The number of piperidine rings is 1. The fraction of sp³-hybridized carbons (Fsp3) is 0.917. The predicted octanol–water partition coefficient (Wildman–Crippen LogP) is 1.37. The predicted molar refractivity (Wildman–Crippen MR) is 60.3 cm³/mol. The maximum atomic E-state index is 12.2. The Labute approximate surface area is 92.0 Å². The van der Waals surface area contributed by atoms with Gasteiger partial charge in [0.1, 0.15) is 0 Å². The monoisotopic (exact) mass is 210 g/mol. The fourth-order valence-electron chi connectivity index (χ4n) is 2.99. The Hall–Kier alpha value is -0.570. The number of likely N-dealkylation sites (tertiary alicyclic amines) is 1. The molecule has 2 rings (SSSR count). The zero-order valence-electron chi connectivity index (χ0n) is 9.45. The average molecular weight is 210 g/mol. The molecule has 2 N–H and O–H groups in total. The summed E-state index contributed by atoms with van der Waals surface area (Å²) in [7, 11) is 0. The lowest BCUT2D eigenvalue weighted by Crippen LogP contribution is -2.41. The van der Waals surface area contributed by atoms with Gasteiger partial charge in [0, 0.05) is 19.0 Å². The molecule has 3 heteroatoms. The Morgan fingerprint density at radius 1 is 1.13 bits per heavy atom. The topological polar surface area (TPSA) is 46.3 Å². The molecular weight excluding hydrogens is 188 g/mol. The molecule has 86 valence electrons. The SMILES string of the molecule is NCC1CCCC1C(=O)N1CCCCC1. The van der Waals surface area contributed by atoms with Crippen LogP contribution in [0.1, 0.15) is 38.5 Å². The molecule has 1 amide bonds. The molecule has 0 bridgehead atoms. The van der Waals surface area contributed by atoms with Gasteiger partial charge in [-0.3, -0.25) is 4.79 Å². The number of hydrogen-bond donors (Lipinski definition) is 1. The molecule has 0 aromatic carbocycles. The van der Waals surface area contributed by atoms with Crippen molar-refractivity contribution in [2.24, 2.45) is 17.6 Å². The second-order valence-corrected chi connectivity index (χ2v) is 4.92. The van der Waals surface area contributed by atoms with E-state index in [1.54, 1.807) is 0 Å². The third-order valence-corrected chi connectivity index (χ3v) is 3.95. The Kier molecular flexibility index (Phi) is 3.62. The average Bonchev–Trinajstić information content (AvgIpc) is 2.77. The number of carbonyl (C=O) groups excluding carboxylic acids is 1. The molecule has 1 saturated heterocycles. The zero-order chi connectivity index (χ0) is 10.7. The van der Waals surface area contributed by atoms with E-state index in [9.17, 15) is 4.79 Å². The summed E-state index contributed by atoms with van der Waals surface area (Å²) in [4.78, 5) is 14.3. The quantitative estimate of drug-likeness (QED) is 0.748. The van der Waals surface area contributed by atoms with Gasteiger partial charge in [-0.05, 0) is 44.6 Å². The van der Waals surface area contributed by atoms with Crippen molar-refractivity contribution in [2.75, 3.05) is 19.6 Å². The highest BCUT2D eigenvalue weighted by atomic mass is 16.2. The Morgan fingerprint density at radius 3 is 2.53 bits per heavy atom. The highest BCUT2D eigenvalue weighted by Gasteiger charge is 2.34. The van der Waals surface area contributed by atoms with Crippen LogP contribution in [0.3, 0.4) is 0 Å². The summed E-state index contributed by atoms with van der Waals surface area (Å²) in [5.41, 5.74) is 5.72. The Morgan fingerprint density at radius 2 is 1.87 bits per heavy atom. The summed E-state index contributed by atoms with van der Waals surface area (Å²) in [5, 5.41) is 0. The minimum atomic E-state index is 0.244. The van der Waals surface area contributed by atoms with Crippen LogP contribution >= 0.6 is 0 Å². The molecule has 0 aromatic rings. The van der Waals surface area contributed by atoms with Crippen molar-refractivity contribution in [1.29, 1.82) is 0 Å². The molecule has 0 radical (unpaired) electrons. The second kappa shape index (κ2) is 4.97. The van der Waals surface area contributed by atoms with Crippen molar-refractivity contribution < 1.29 is 4.79 Å². The van der Waals surface area contributed by atoms with Crippen LogP contribution < -0.4 is 5.73 Å². The maximum absolute atomic E-state index is 12.2. The van der Waals surface area contributed by atoms with Crippen LogP contribution in [-0.2, 0) is 4.79 Å². The Bertz CT molecular complexity index is 224. The standard InChI is InChI=1S/C12H22N2O/c13-9-10-5-4-6-11(10)12(15)14-7-2-1-3-8-14/h10-11H,1-9,13H2. The first-order chi connectivity index (χ1) is 7.33. The van der Waals surface area contributed by atoms with E-state index >= 15 is 0 Å². The molecular formula is C12H22N2O. The molecule has 1 saturated carbocycles. The van der Waals surface area contributed by atoms with Gasteiger partial charge in [-0.1, -0.05) is 6.42 Å². The van der Waals surface area contributed by atoms with Crippen LogP contribution in [0.25, 0.3) is 0 Å². The van der Waals surface area contributed by atoms with E-state index in [0.29, 0.717) is 18.4 Å². The summed E-state index contributed by atoms with van der Waals surface area (Å²) in [6.45, 7) is 2.64. The molecule has 2 unspecified atom stereocenters. The lowest BCUT2D eigenvalue weighted by molar-refractivity contribution is -0.137. The molecule has 15 heavy (non-hydrogen) atoms. The van der Waals surface area contributed by atoms with E-state index in [1.165, 1.54) is 25.7 Å². The van der Waals surface area contributed by atoms with E-state index in [1.807, 2.05) is 0 Å². The van der Waals surface area contributed by atoms with Gasteiger partial charge in [0.25, 0.3) is 0 Å². The fourth-order valence-corrected chi connectivity index (χ4v) is 2.99. The van der Waals surface area contributed by atoms with Gasteiger partial charge < -0.3 is 10.6 Å². The third kappa shape index (κ3) is 2.33. The van der Waals surface area contributed by atoms with Crippen molar-refractivity contribution in [2.45, 2.75) is 38.5 Å². The zero-order valence-corrected chi connectivity index (χ0v) is 9.45. The van der Waals surface area contributed by atoms with E-state index in [0.717, 1.165) is 25.9 Å². The normalized spacial score (nSPS) is 31.9. The first-order valence-corrected chi connectivity index (χ1v) is 6.32. The minimum Gasteiger partial charge on any atom is -0.342 e. The molecule has 0 aromatic heterocycles. The van der Waals surface area contributed by atoms with Crippen LogP contribution in [-0.4, -0.2) is 30.4 Å². The van der Waals surface area contributed by atoms with Crippen LogP contribution in [0.2, 0.25) is 0 Å². The van der Waals surface area contributed by atoms with E-state index in [2.05, 4.69) is 4.90 Å². The second-order valence-electron chi connectivity index (χ2n) is 4.92. The minimum absolute atomic E-state index is 0.244. The first kappa shape index (κ1) is 10.9. The number of hydrogen-bond acceptors (Lipinski definition) is 2. The summed E-state index contributed by atoms with van der Waals surface area (Å²) in [5.74, 6) is 1.09. The van der Waals surface area contributed by atoms with E-state index in [4.69, 9.17) is 5.73 Å². The van der Waals surface area contributed by atoms with Gasteiger partial charge in [-0.2, -0.15) is 0 Å². The molecule has 2 atom stereocenters. The molecule has 3 nitrogen and oxygen atoms in total. The van der Waals surface area contributed by atoms with E-state index in [-0.39, 0.29) is 5.92 Å². The number of nitrogens with zero attached hydrogens (tertiary/aromatic N) is 1. The molecule has 1 aliphatic carbocycles. The lowest BCUT2D eigenvalue weighted by Gasteiger charge is -2.30. The first-order valence-electron chi connectivity index (χ1n) is 6.32. The maximum Gasteiger partial charge on any atom is 0.226 e. The number of rotatable bonds is 2. The smallest absolute Gasteiger partial charge is 0.226 e. The number of amides is 1. The van der Waals surface area contributed by atoms with Gasteiger partial charge in [-0.25, -0.2) is 0 Å². The number of nitrogens with two attached hydrogens (primary N) is 1. The number of carbonyl (C=O) groups is 1. The highest BCUT2D eigenvalue weighted by Crippen LogP contribution is 2.32. The van der Waals surface area contributed by atoms with Crippen molar-refractivity contribution in [3.8, 4) is 0 Å². The largest absolute Gasteiger partial charge is 0.342 e. The summed E-state index contributed by atoms with van der Waals surface area (Å²) >= 11 is 0. The molecule has 1 aliphatic heterocycles. The van der Waals surface area contributed by atoms with Gasteiger partial charge in [0.2, 0.25) is 5.91 Å². The lowest BCUT2D eigenvalue weighted by atomic mass is 9.94. The van der Waals surface area contributed by atoms with E-state index < -0.39 is 0 Å². The van der Waals surface area contributed by atoms with Crippen LogP contribution in [0.4, 0.5) is 0 Å².